The predicted molar refractivity (Wildman–Crippen MR) is 103 cm³/mol. The third kappa shape index (κ3) is 6.68. The monoisotopic (exact) mass is 370 g/mol. The molecule has 0 saturated carbocycles. The summed E-state index contributed by atoms with van der Waals surface area (Å²) in [5.74, 6) is 0.982. The van der Waals surface area contributed by atoms with E-state index in [0.29, 0.717) is 37.0 Å². The largest absolute Gasteiger partial charge is 0.379 e. The molecule has 0 aromatic rings. The average molecular weight is 371 g/mol. The van der Waals surface area contributed by atoms with E-state index in [-0.39, 0.29) is 6.03 Å². The van der Waals surface area contributed by atoms with Gasteiger partial charge in [0.25, 0.3) is 0 Å². The smallest absolute Gasteiger partial charge is 0.314 e. The zero-order chi connectivity index (χ0) is 18.9. The quantitative estimate of drug-likeness (QED) is 0.667. The van der Waals surface area contributed by atoms with Crippen molar-refractivity contribution in [3.05, 3.63) is 0 Å². The molecule has 26 heavy (non-hydrogen) atoms. The maximum atomic E-state index is 12.4. The zero-order valence-corrected chi connectivity index (χ0v) is 17.0. The summed E-state index contributed by atoms with van der Waals surface area (Å²) in [6.45, 7) is 17.1. The van der Waals surface area contributed by atoms with Gasteiger partial charge < -0.3 is 20.1 Å². The fourth-order valence-electron chi connectivity index (χ4n) is 3.85. The van der Waals surface area contributed by atoms with Gasteiger partial charge in [0.1, 0.15) is 0 Å². The molecule has 0 bridgehead atoms. The van der Waals surface area contributed by atoms with Gasteiger partial charge in [-0.05, 0) is 11.8 Å². The molecule has 152 valence electrons. The summed E-state index contributed by atoms with van der Waals surface area (Å²) >= 11 is 0. The second-order valence-corrected chi connectivity index (χ2v) is 8.01. The number of nitrogens with zero attached hydrogens (tertiary/aromatic N) is 2. The standard InChI is InChI=1S/C19H38N4O3/c1-15(2)17(22-5-9-25-10-6-22)13-20-19(24)21-14-18(16(3)4)23-7-11-26-12-8-23/h15-18H,5-14H2,1-4H3,(H2,20,21,24). The van der Waals surface area contributed by atoms with Gasteiger partial charge >= 0.3 is 6.03 Å². The predicted octanol–water partition coefficient (Wildman–Crippen LogP) is 0.999. The van der Waals surface area contributed by atoms with Crippen molar-refractivity contribution in [2.45, 2.75) is 39.8 Å². The van der Waals surface area contributed by atoms with Crippen molar-refractivity contribution in [3.8, 4) is 0 Å². The lowest BCUT2D eigenvalue weighted by molar-refractivity contribution is 0.00612. The Morgan fingerprint density at radius 2 is 1.12 bits per heavy atom. The minimum absolute atomic E-state index is 0.0668. The topological polar surface area (TPSA) is 66.1 Å². The molecule has 2 saturated heterocycles. The van der Waals surface area contributed by atoms with E-state index in [9.17, 15) is 4.79 Å². The van der Waals surface area contributed by atoms with Crippen LogP contribution in [0.15, 0.2) is 0 Å². The minimum Gasteiger partial charge on any atom is -0.379 e. The summed E-state index contributed by atoms with van der Waals surface area (Å²) in [6, 6.07) is 0.636. The van der Waals surface area contributed by atoms with E-state index in [1.807, 2.05) is 0 Å². The number of carbonyl (C=O) groups is 1. The molecule has 2 amide bonds. The molecule has 7 nitrogen and oxygen atoms in total. The van der Waals surface area contributed by atoms with Crippen LogP contribution in [0.3, 0.4) is 0 Å². The van der Waals surface area contributed by atoms with Crippen LogP contribution >= 0.6 is 0 Å². The highest BCUT2D eigenvalue weighted by Gasteiger charge is 2.26. The van der Waals surface area contributed by atoms with Gasteiger partial charge in [0.05, 0.1) is 26.4 Å². The summed E-state index contributed by atoms with van der Waals surface area (Å²) < 4.78 is 10.9. The van der Waals surface area contributed by atoms with Gasteiger partial charge in [0.2, 0.25) is 0 Å². The lowest BCUT2D eigenvalue weighted by atomic mass is 10.0. The van der Waals surface area contributed by atoms with Crippen molar-refractivity contribution < 1.29 is 14.3 Å². The van der Waals surface area contributed by atoms with Crippen LogP contribution in [0.4, 0.5) is 4.79 Å². The molecule has 2 fully saturated rings. The fraction of sp³-hybridized carbons (Fsp3) is 0.947. The van der Waals surface area contributed by atoms with Gasteiger partial charge in [-0.15, -0.1) is 0 Å². The highest BCUT2D eigenvalue weighted by molar-refractivity contribution is 5.73. The van der Waals surface area contributed by atoms with Crippen molar-refractivity contribution in [3.63, 3.8) is 0 Å². The molecule has 7 heteroatoms. The van der Waals surface area contributed by atoms with E-state index in [2.05, 4.69) is 48.1 Å². The number of rotatable bonds is 8. The Balaban J connectivity index is 1.76. The molecule has 2 heterocycles. The Kier molecular flexibility index (Phi) is 9.11. The Bertz CT molecular complexity index is 372. The van der Waals surface area contributed by atoms with Crippen LogP contribution in [0.2, 0.25) is 0 Å². The molecule has 0 radical (unpaired) electrons. The number of carbonyl (C=O) groups excluding carboxylic acids is 1. The normalized spacial score (nSPS) is 22.4. The van der Waals surface area contributed by atoms with Crippen LogP contribution in [0.5, 0.6) is 0 Å². The van der Waals surface area contributed by atoms with Gasteiger partial charge in [-0.25, -0.2) is 4.79 Å². The van der Waals surface area contributed by atoms with Crippen molar-refractivity contribution in [1.29, 1.82) is 0 Å². The van der Waals surface area contributed by atoms with Crippen LogP contribution in [0, 0.1) is 11.8 Å². The van der Waals surface area contributed by atoms with Gasteiger partial charge in [-0.2, -0.15) is 0 Å². The second-order valence-electron chi connectivity index (χ2n) is 8.01. The highest BCUT2D eigenvalue weighted by atomic mass is 16.5. The zero-order valence-electron chi connectivity index (χ0n) is 17.0. The molecule has 2 unspecified atom stereocenters. The van der Waals surface area contributed by atoms with Crippen molar-refractivity contribution in [2.75, 3.05) is 65.7 Å². The number of urea groups is 1. The molecular weight excluding hydrogens is 332 g/mol. The van der Waals surface area contributed by atoms with Crippen LogP contribution in [-0.2, 0) is 9.47 Å². The Morgan fingerprint density at radius 3 is 1.42 bits per heavy atom. The highest BCUT2D eigenvalue weighted by Crippen LogP contribution is 2.13. The first-order chi connectivity index (χ1) is 12.5. The first-order valence-corrected chi connectivity index (χ1v) is 10.1. The summed E-state index contributed by atoms with van der Waals surface area (Å²) in [7, 11) is 0. The minimum atomic E-state index is -0.0668. The molecular formula is C19H38N4O3. The number of ether oxygens (including phenoxy) is 2. The molecule has 0 aromatic carbocycles. The van der Waals surface area contributed by atoms with Crippen LogP contribution in [-0.4, -0.2) is 93.6 Å². The Labute approximate surface area is 158 Å². The third-order valence-electron chi connectivity index (χ3n) is 5.51. The van der Waals surface area contributed by atoms with Crippen molar-refractivity contribution in [1.82, 2.24) is 20.4 Å². The van der Waals surface area contributed by atoms with Gasteiger partial charge in [-0.3, -0.25) is 9.80 Å². The summed E-state index contributed by atoms with van der Waals surface area (Å²) in [5, 5.41) is 6.17. The first kappa shape index (κ1) is 21.4. The summed E-state index contributed by atoms with van der Waals surface area (Å²) in [4.78, 5) is 17.2. The van der Waals surface area contributed by atoms with E-state index in [4.69, 9.17) is 9.47 Å². The Hall–Kier alpha value is -0.890. The van der Waals surface area contributed by atoms with Crippen LogP contribution < -0.4 is 10.6 Å². The first-order valence-electron chi connectivity index (χ1n) is 10.1. The molecule has 2 N–H and O–H groups in total. The maximum Gasteiger partial charge on any atom is 0.314 e. The van der Waals surface area contributed by atoms with Gasteiger partial charge in [0.15, 0.2) is 0 Å². The lowest BCUT2D eigenvalue weighted by Crippen LogP contribution is -2.54. The van der Waals surface area contributed by atoms with E-state index in [0.717, 1.165) is 52.6 Å². The molecule has 2 aliphatic rings. The summed E-state index contributed by atoms with van der Waals surface area (Å²) in [5.41, 5.74) is 0. The Morgan fingerprint density at radius 1 is 0.769 bits per heavy atom. The van der Waals surface area contributed by atoms with E-state index < -0.39 is 0 Å². The van der Waals surface area contributed by atoms with E-state index in [1.54, 1.807) is 0 Å². The van der Waals surface area contributed by atoms with E-state index in [1.165, 1.54) is 0 Å². The van der Waals surface area contributed by atoms with Gasteiger partial charge in [0, 0.05) is 51.4 Å². The number of hydrogen-bond donors (Lipinski definition) is 2. The maximum absolute atomic E-state index is 12.4. The molecule has 2 aliphatic heterocycles. The van der Waals surface area contributed by atoms with Crippen molar-refractivity contribution in [2.24, 2.45) is 11.8 Å². The number of amides is 2. The summed E-state index contributed by atoms with van der Waals surface area (Å²) in [6.07, 6.45) is 0. The van der Waals surface area contributed by atoms with Crippen LogP contribution in [0.25, 0.3) is 0 Å². The molecule has 0 aromatic heterocycles. The van der Waals surface area contributed by atoms with Gasteiger partial charge in [-0.1, -0.05) is 27.7 Å². The SMILES string of the molecule is CC(C)C(CNC(=O)NCC(C(C)C)N1CCOCC1)N1CCOCC1. The molecule has 0 aliphatic carbocycles. The molecule has 2 rings (SSSR count). The van der Waals surface area contributed by atoms with Crippen LogP contribution in [0.1, 0.15) is 27.7 Å². The number of nitrogens with one attached hydrogen (secondary N) is 2. The molecule has 2 atom stereocenters. The number of hydrogen-bond acceptors (Lipinski definition) is 5. The molecule has 0 spiro atoms. The fourth-order valence-corrected chi connectivity index (χ4v) is 3.85. The third-order valence-corrected chi connectivity index (χ3v) is 5.51. The van der Waals surface area contributed by atoms with Crippen molar-refractivity contribution >= 4 is 6.03 Å². The lowest BCUT2D eigenvalue weighted by Gasteiger charge is -2.37. The van der Waals surface area contributed by atoms with E-state index >= 15 is 0 Å². The second kappa shape index (κ2) is 11.1. The number of morpholine rings is 2. The average Bonchev–Trinajstić information content (AvgIpc) is 2.63.